The Labute approximate surface area is 142 Å². The molecule has 0 atom stereocenters. The predicted molar refractivity (Wildman–Crippen MR) is 91.3 cm³/mol. The van der Waals surface area contributed by atoms with Crippen molar-refractivity contribution in [2.24, 2.45) is 0 Å². The first-order chi connectivity index (χ1) is 11.7. The number of nitrogens with zero attached hydrogens (tertiary/aromatic N) is 2. The number of aromatic nitrogens is 1. The SMILES string of the molecule is COc1cc2ncc(C#N)c(Oc3ccc(SC)cc3)c2cc1F. The van der Waals surface area contributed by atoms with Gasteiger partial charge in [-0.05, 0) is 36.6 Å². The molecular formula is C18H13FN2O2S. The van der Waals surface area contributed by atoms with E-state index < -0.39 is 5.82 Å². The standard InChI is InChI=1S/C18H13FN2O2S/c1-22-17-8-16-14(7-15(17)19)18(11(9-20)10-21-16)23-12-3-5-13(24-2)6-4-12/h3-8,10H,1-2H3. The Morgan fingerprint density at radius 3 is 2.58 bits per heavy atom. The lowest BCUT2D eigenvalue weighted by atomic mass is 10.1. The molecule has 2 aromatic carbocycles. The van der Waals surface area contributed by atoms with Gasteiger partial charge in [-0.2, -0.15) is 5.26 Å². The van der Waals surface area contributed by atoms with Crippen LogP contribution in [0.3, 0.4) is 0 Å². The lowest BCUT2D eigenvalue weighted by Crippen LogP contribution is -1.95. The van der Waals surface area contributed by atoms with Crippen molar-refractivity contribution in [3.8, 4) is 23.3 Å². The Bertz CT molecular complexity index is 936. The maximum Gasteiger partial charge on any atom is 0.165 e. The van der Waals surface area contributed by atoms with Crippen LogP contribution in [0, 0.1) is 17.1 Å². The van der Waals surface area contributed by atoms with Crippen molar-refractivity contribution < 1.29 is 13.9 Å². The number of hydrogen-bond donors (Lipinski definition) is 0. The minimum absolute atomic E-state index is 0.0926. The van der Waals surface area contributed by atoms with E-state index in [0.29, 0.717) is 16.7 Å². The molecule has 0 fully saturated rings. The zero-order valence-corrected chi connectivity index (χ0v) is 13.9. The zero-order chi connectivity index (χ0) is 17.1. The average Bonchev–Trinajstić information content (AvgIpc) is 2.62. The van der Waals surface area contributed by atoms with Gasteiger partial charge in [0.05, 0.1) is 12.6 Å². The van der Waals surface area contributed by atoms with Gasteiger partial charge in [-0.25, -0.2) is 4.39 Å². The minimum atomic E-state index is -0.538. The lowest BCUT2D eigenvalue weighted by Gasteiger charge is -2.12. The van der Waals surface area contributed by atoms with Crippen molar-refractivity contribution in [2.75, 3.05) is 13.4 Å². The van der Waals surface area contributed by atoms with E-state index in [2.05, 4.69) is 4.98 Å². The third kappa shape index (κ3) is 2.99. The average molecular weight is 340 g/mol. The second-order valence-electron chi connectivity index (χ2n) is 4.89. The maximum atomic E-state index is 14.1. The zero-order valence-electron chi connectivity index (χ0n) is 13.0. The number of fused-ring (bicyclic) bond motifs is 1. The Balaban J connectivity index is 2.13. The van der Waals surface area contributed by atoms with Gasteiger partial charge in [0.2, 0.25) is 0 Å². The van der Waals surface area contributed by atoms with Crippen molar-refractivity contribution in [1.29, 1.82) is 5.26 Å². The van der Waals surface area contributed by atoms with Gasteiger partial charge in [0.15, 0.2) is 17.3 Å². The fourth-order valence-electron chi connectivity index (χ4n) is 2.28. The molecule has 24 heavy (non-hydrogen) atoms. The number of ether oxygens (including phenoxy) is 2. The number of benzene rings is 2. The summed E-state index contributed by atoms with van der Waals surface area (Å²) in [5, 5.41) is 9.73. The highest BCUT2D eigenvalue weighted by Crippen LogP contribution is 2.35. The van der Waals surface area contributed by atoms with E-state index in [-0.39, 0.29) is 17.1 Å². The summed E-state index contributed by atoms with van der Waals surface area (Å²) in [5.74, 6) is 0.397. The molecule has 120 valence electrons. The largest absolute Gasteiger partial charge is 0.494 e. The highest BCUT2D eigenvalue weighted by atomic mass is 32.2. The summed E-state index contributed by atoms with van der Waals surface area (Å²) in [5.41, 5.74) is 0.726. The maximum absolute atomic E-state index is 14.1. The fraction of sp³-hybridized carbons (Fsp3) is 0.111. The predicted octanol–water partition coefficient (Wildman–Crippen LogP) is 4.77. The van der Waals surface area contributed by atoms with Gasteiger partial charge in [-0.1, -0.05) is 0 Å². The van der Waals surface area contributed by atoms with E-state index in [1.54, 1.807) is 23.9 Å². The van der Waals surface area contributed by atoms with E-state index in [1.165, 1.54) is 25.4 Å². The molecule has 0 saturated heterocycles. The van der Waals surface area contributed by atoms with E-state index in [1.807, 2.05) is 24.5 Å². The van der Waals surface area contributed by atoms with Crippen molar-refractivity contribution in [3.05, 3.63) is 54.0 Å². The van der Waals surface area contributed by atoms with E-state index in [4.69, 9.17) is 9.47 Å². The highest BCUT2D eigenvalue weighted by molar-refractivity contribution is 7.98. The second kappa shape index (κ2) is 6.77. The van der Waals surface area contributed by atoms with Gasteiger partial charge in [-0.3, -0.25) is 4.98 Å². The first kappa shape index (κ1) is 16.1. The summed E-state index contributed by atoms with van der Waals surface area (Å²) < 4.78 is 24.9. The molecular weight excluding hydrogens is 327 g/mol. The molecule has 0 aliphatic carbocycles. The van der Waals surface area contributed by atoms with Crippen molar-refractivity contribution in [2.45, 2.75) is 4.90 Å². The molecule has 1 heterocycles. The van der Waals surface area contributed by atoms with Crippen LogP contribution in [0.1, 0.15) is 5.56 Å². The molecule has 3 aromatic rings. The molecule has 0 aliphatic rings. The molecule has 0 radical (unpaired) electrons. The number of halogens is 1. The van der Waals surface area contributed by atoms with Gasteiger partial charge in [-0.15, -0.1) is 11.8 Å². The number of rotatable bonds is 4. The molecule has 3 rings (SSSR count). The van der Waals surface area contributed by atoms with Crippen molar-refractivity contribution >= 4 is 22.7 Å². The fourth-order valence-corrected chi connectivity index (χ4v) is 2.69. The summed E-state index contributed by atoms with van der Waals surface area (Å²) in [6.07, 6.45) is 3.39. The molecule has 0 unspecified atom stereocenters. The van der Waals surface area contributed by atoms with Crippen LogP contribution < -0.4 is 9.47 Å². The normalized spacial score (nSPS) is 10.4. The third-order valence-electron chi connectivity index (χ3n) is 3.49. The number of pyridine rings is 1. The summed E-state index contributed by atoms with van der Waals surface area (Å²) in [6.45, 7) is 0. The molecule has 0 saturated carbocycles. The van der Waals surface area contributed by atoms with Gasteiger partial charge < -0.3 is 9.47 Å². The van der Waals surface area contributed by atoms with Crippen molar-refractivity contribution in [1.82, 2.24) is 4.98 Å². The van der Waals surface area contributed by atoms with Gasteiger partial charge in [0, 0.05) is 22.5 Å². The Kier molecular flexibility index (Phi) is 4.54. The molecule has 0 spiro atoms. The number of methoxy groups -OCH3 is 1. The van der Waals surface area contributed by atoms with Crippen LogP contribution in [0.15, 0.2) is 47.5 Å². The monoisotopic (exact) mass is 340 g/mol. The summed E-state index contributed by atoms with van der Waals surface area (Å²) >= 11 is 1.62. The quantitative estimate of drug-likeness (QED) is 0.640. The van der Waals surface area contributed by atoms with Crippen molar-refractivity contribution in [3.63, 3.8) is 0 Å². The summed E-state index contributed by atoms with van der Waals surface area (Å²) in [7, 11) is 1.39. The Morgan fingerprint density at radius 2 is 1.96 bits per heavy atom. The van der Waals surface area contributed by atoms with E-state index in [0.717, 1.165) is 4.90 Å². The Morgan fingerprint density at radius 1 is 1.21 bits per heavy atom. The summed E-state index contributed by atoms with van der Waals surface area (Å²) in [4.78, 5) is 5.27. The van der Waals surface area contributed by atoms with Crippen LogP contribution in [-0.2, 0) is 0 Å². The molecule has 0 bridgehead atoms. The van der Waals surface area contributed by atoms with E-state index >= 15 is 0 Å². The molecule has 1 aromatic heterocycles. The van der Waals surface area contributed by atoms with Gasteiger partial charge >= 0.3 is 0 Å². The first-order valence-corrected chi connectivity index (χ1v) is 8.27. The molecule has 6 heteroatoms. The second-order valence-corrected chi connectivity index (χ2v) is 5.77. The van der Waals surface area contributed by atoms with Gasteiger partial charge in [0.25, 0.3) is 0 Å². The third-order valence-corrected chi connectivity index (χ3v) is 4.24. The number of thioether (sulfide) groups is 1. The van der Waals surface area contributed by atoms with E-state index in [9.17, 15) is 9.65 Å². The molecule has 0 aliphatic heterocycles. The molecule has 4 nitrogen and oxygen atoms in total. The molecule has 0 N–H and O–H groups in total. The van der Waals surface area contributed by atoms with Crippen LogP contribution in [0.4, 0.5) is 4.39 Å². The number of nitriles is 1. The molecule has 0 amide bonds. The number of hydrogen-bond acceptors (Lipinski definition) is 5. The van der Waals surface area contributed by atoms with Crippen LogP contribution in [0.2, 0.25) is 0 Å². The first-order valence-electron chi connectivity index (χ1n) is 7.04. The summed E-state index contributed by atoms with van der Waals surface area (Å²) in [6, 6.07) is 12.2. The van der Waals surface area contributed by atoms with Crippen LogP contribution in [0.25, 0.3) is 10.9 Å². The highest BCUT2D eigenvalue weighted by Gasteiger charge is 2.15. The topological polar surface area (TPSA) is 55.1 Å². The Hall–Kier alpha value is -2.78. The lowest BCUT2D eigenvalue weighted by molar-refractivity contribution is 0.387. The van der Waals surface area contributed by atoms with Gasteiger partial charge in [0.1, 0.15) is 17.4 Å². The minimum Gasteiger partial charge on any atom is -0.494 e. The smallest absolute Gasteiger partial charge is 0.165 e. The van der Waals surface area contributed by atoms with Crippen LogP contribution in [0.5, 0.6) is 17.2 Å². The van der Waals surface area contributed by atoms with Crippen LogP contribution in [-0.4, -0.2) is 18.3 Å². The van der Waals surface area contributed by atoms with Crippen LogP contribution >= 0.6 is 11.8 Å².